The van der Waals surface area contributed by atoms with Crippen LogP contribution in [0, 0.1) is 0 Å². The second-order valence-electron chi connectivity index (χ2n) is 3.69. The normalized spacial score (nSPS) is 10.8. The topological polar surface area (TPSA) is 71.2 Å². The van der Waals surface area contributed by atoms with Crippen molar-refractivity contribution >= 4 is 11.0 Å². The van der Waals surface area contributed by atoms with Crippen LogP contribution in [0.5, 0.6) is 11.5 Å². The van der Waals surface area contributed by atoms with E-state index >= 15 is 0 Å². The fourth-order valence-electron chi connectivity index (χ4n) is 1.67. The highest BCUT2D eigenvalue weighted by Gasteiger charge is 2.06. The van der Waals surface area contributed by atoms with Crippen LogP contribution in [0.25, 0.3) is 16.7 Å². The van der Waals surface area contributed by atoms with Gasteiger partial charge >= 0.3 is 0 Å². The molecule has 0 spiro atoms. The number of fused-ring (bicyclic) bond motifs is 1. The van der Waals surface area contributed by atoms with Gasteiger partial charge in [0.05, 0.1) is 5.69 Å². The number of phenols is 2. The van der Waals surface area contributed by atoms with Gasteiger partial charge in [0.25, 0.3) is 0 Å². The smallest absolute Gasteiger partial charge is 0.121 e. The van der Waals surface area contributed by atoms with Gasteiger partial charge in [-0.05, 0) is 12.1 Å². The molecular weight excluding hydrogens is 218 g/mol. The largest absolute Gasteiger partial charge is 0.508 e. The molecule has 0 bridgehead atoms. The van der Waals surface area contributed by atoms with Crippen molar-refractivity contribution in [2.24, 2.45) is 0 Å². The first-order valence-electron chi connectivity index (χ1n) is 5.08. The molecule has 0 aliphatic carbocycles. The lowest BCUT2D eigenvalue weighted by Gasteiger charge is -2.01. The van der Waals surface area contributed by atoms with Gasteiger partial charge in [-0.1, -0.05) is 12.1 Å². The summed E-state index contributed by atoms with van der Waals surface area (Å²) in [6.07, 6.45) is 0. The van der Waals surface area contributed by atoms with Crippen molar-refractivity contribution in [1.29, 1.82) is 0 Å². The maximum atomic E-state index is 9.40. The van der Waals surface area contributed by atoms with E-state index in [0.717, 1.165) is 11.0 Å². The third-order valence-corrected chi connectivity index (χ3v) is 2.40. The third kappa shape index (κ3) is 1.67. The van der Waals surface area contributed by atoms with E-state index in [-0.39, 0.29) is 11.5 Å². The fraction of sp³-hybridized carbons (Fsp3) is 0. The van der Waals surface area contributed by atoms with Crippen molar-refractivity contribution < 1.29 is 10.2 Å². The van der Waals surface area contributed by atoms with E-state index in [2.05, 4.69) is 10.2 Å². The molecule has 2 aromatic carbocycles. The van der Waals surface area contributed by atoms with Crippen LogP contribution >= 0.6 is 0 Å². The van der Waals surface area contributed by atoms with E-state index in [1.807, 2.05) is 24.3 Å². The molecule has 5 heteroatoms. The van der Waals surface area contributed by atoms with Crippen LogP contribution in [0.1, 0.15) is 0 Å². The summed E-state index contributed by atoms with van der Waals surface area (Å²) >= 11 is 0. The number of hydrogen-bond donors (Lipinski definition) is 2. The van der Waals surface area contributed by atoms with Gasteiger partial charge in [0.15, 0.2) is 0 Å². The second kappa shape index (κ2) is 3.48. The van der Waals surface area contributed by atoms with E-state index in [9.17, 15) is 10.2 Å². The van der Waals surface area contributed by atoms with Crippen molar-refractivity contribution in [3.8, 4) is 17.2 Å². The van der Waals surface area contributed by atoms with E-state index in [1.165, 1.54) is 23.0 Å². The van der Waals surface area contributed by atoms with Gasteiger partial charge in [-0.15, -0.1) is 10.2 Å². The first-order valence-corrected chi connectivity index (χ1v) is 5.08. The number of rotatable bonds is 1. The molecule has 0 saturated carbocycles. The van der Waals surface area contributed by atoms with Gasteiger partial charge in [0.1, 0.15) is 22.5 Å². The van der Waals surface area contributed by atoms with Crippen LogP contribution in [-0.4, -0.2) is 25.2 Å². The highest BCUT2D eigenvalue weighted by molar-refractivity contribution is 5.73. The van der Waals surface area contributed by atoms with Crippen molar-refractivity contribution in [2.45, 2.75) is 0 Å². The molecule has 0 amide bonds. The van der Waals surface area contributed by atoms with Gasteiger partial charge in [-0.2, -0.15) is 4.80 Å². The van der Waals surface area contributed by atoms with E-state index in [4.69, 9.17) is 0 Å². The van der Waals surface area contributed by atoms with Gasteiger partial charge in [0, 0.05) is 18.2 Å². The molecule has 1 heterocycles. The van der Waals surface area contributed by atoms with Gasteiger partial charge in [-0.3, -0.25) is 0 Å². The van der Waals surface area contributed by atoms with Crippen LogP contribution in [0.15, 0.2) is 42.5 Å². The molecule has 3 rings (SSSR count). The van der Waals surface area contributed by atoms with E-state index in [1.54, 1.807) is 0 Å². The summed E-state index contributed by atoms with van der Waals surface area (Å²) < 4.78 is 0. The number of aromatic nitrogens is 3. The molecule has 17 heavy (non-hydrogen) atoms. The van der Waals surface area contributed by atoms with Gasteiger partial charge < -0.3 is 10.2 Å². The average molecular weight is 227 g/mol. The zero-order chi connectivity index (χ0) is 11.8. The predicted octanol–water partition coefficient (Wildman–Crippen LogP) is 1.83. The van der Waals surface area contributed by atoms with Crippen LogP contribution < -0.4 is 0 Å². The minimum Gasteiger partial charge on any atom is -0.508 e. The standard InChI is InChI=1S/C12H9N3O2/c16-9-5-8(6-10(17)7-9)15-13-11-3-1-2-4-12(11)14-15/h1-7,16-17H. The number of aromatic hydroxyl groups is 2. The maximum Gasteiger partial charge on any atom is 0.121 e. The van der Waals surface area contributed by atoms with Crippen LogP contribution in [0.3, 0.4) is 0 Å². The zero-order valence-electron chi connectivity index (χ0n) is 8.78. The van der Waals surface area contributed by atoms with Crippen LogP contribution in [0.2, 0.25) is 0 Å². The molecule has 5 nitrogen and oxygen atoms in total. The Hall–Kier alpha value is -2.56. The SMILES string of the molecule is Oc1cc(O)cc(-n2nc3ccccc3n2)c1. The molecule has 0 unspecified atom stereocenters. The molecule has 0 atom stereocenters. The summed E-state index contributed by atoms with van der Waals surface area (Å²) in [5.74, 6) is -0.0530. The number of hydrogen-bond acceptors (Lipinski definition) is 4. The quantitative estimate of drug-likeness (QED) is 0.665. The van der Waals surface area contributed by atoms with E-state index in [0.29, 0.717) is 5.69 Å². The Labute approximate surface area is 96.6 Å². The first kappa shape index (κ1) is 9.65. The number of benzene rings is 2. The maximum absolute atomic E-state index is 9.40. The Morgan fingerprint density at radius 2 is 1.35 bits per heavy atom. The molecule has 0 saturated heterocycles. The Kier molecular flexibility index (Phi) is 1.98. The zero-order valence-corrected chi connectivity index (χ0v) is 8.78. The van der Waals surface area contributed by atoms with Crippen LogP contribution in [-0.2, 0) is 0 Å². The number of phenolic OH excluding ortho intramolecular Hbond substituents is 2. The Morgan fingerprint density at radius 3 is 1.88 bits per heavy atom. The molecule has 3 aromatic rings. The molecular formula is C12H9N3O2. The lowest BCUT2D eigenvalue weighted by molar-refractivity contribution is 0.449. The monoisotopic (exact) mass is 227 g/mol. The highest BCUT2D eigenvalue weighted by atomic mass is 16.3. The van der Waals surface area contributed by atoms with Crippen molar-refractivity contribution in [2.75, 3.05) is 0 Å². The molecule has 0 aliphatic rings. The molecule has 84 valence electrons. The Bertz CT molecular complexity index is 638. The molecule has 0 fully saturated rings. The van der Waals surface area contributed by atoms with Crippen molar-refractivity contribution in [3.05, 3.63) is 42.5 Å². The molecule has 0 aliphatic heterocycles. The summed E-state index contributed by atoms with van der Waals surface area (Å²) in [5, 5.41) is 27.3. The first-order chi connectivity index (χ1) is 8.22. The number of nitrogens with zero attached hydrogens (tertiary/aromatic N) is 3. The third-order valence-electron chi connectivity index (χ3n) is 2.40. The second-order valence-corrected chi connectivity index (χ2v) is 3.69. The Balaban J connectivity index is 2.20. The van der Waals surface area contributed by atoms with E-state index < -0.39 is 0 Å². The predicted molar refractivity (Wildman–Crippen MR) is 62.2 cm³/mol. The van der Waals surface area contributed by atoms with Gasteiger partial charge in [0.2, 0.25) is 0 Å². The summed E-state index contributed by atoms with van der Waals surface area (Å²) in [6, 6.07) is 11.7. The lowest BCUT2D eigenvalue weighted by Crippen LogP contribution is -1.97. The minimum absolute atomic E-state index is 0.0265. The summed E-state index contributed by atoms with van der Waals surface area (Å²) in [5.41, 5.74) is 2.03. The summed E-state index contributed by atoms with van der Waals surface area (Å²) in [4.78, 5) is 1.38. The van der Waals surface area contributed by atoms with Crippen LogP contribution in [0.4, 0.5) is 0 Å². The van der Waals surface area contributed by atoms with Crippen molar-refractivity contribution in [1.82, 2.24) is 15.0 Å². The fourth-order valence-corrected chi connectivity index (χ4v) is 1.67. The van der Waals surface area contributed by atoms with Gasteiger partial charge in [-0.25, -0.2) is 0 Å². The molecule has 0 radical (unpaired) electrons. The molecule has 1 aromatic heterocycles. The Morgan fingerprint density at radius 1 is 0.824 bits per heavy atom. The van der Waals surface area contributed by atoms with Crippen molar-refractivity contribution in [3.63, 3.8) is 0 Å². The average Bonchev–Trinajstić information content (AvgIpc) is 2.71. The minimum atomic E-state index is -0.0265. The summed E-state index contributed by atoms with van der Waals surface area (Å²) in [7, 11) is 0. The highest BCUT2D eigenvalue weighted by Crippen LogP contribution is 2.23. The summed E-state index contributed by atoms with van der Waals surface area (Å²) in [6.45, 7) is 0. The molecule has 2 N–H and O–H groups in total. The lowest BCUT2D eigenvalue weighted by atomic mass is 10.3.